The highest BCUT2D eigenvalue weighted by atomic mass is 16.5. The lowest BCUT2D eigenvalue weighted by atomic mass is 10.1. The summed E-state index contributed by atoms with van der Waals surface area (Å²) < 4.78 is 10.5. The van der Waals surface area contributed by atoms with Crippen molar-refractivity contribution < 1.29 is 14.3 Å². The minimum atomic E-state index is -0.0414. The number of carbonyl (C=O) groups is 1. The normalized spacial score (nSPS) is 10.1. The number of amides is 1. The predicted octanol–water partition coefficient (Wildman–Crippen LogP) is 2.76. The summed E-state index contributed by atoms with van der Waals surface area (Å²) in [5, 5.41) is 0. The second kappa shape index (κ2) is 7.45. The van der Waals surface area contributed by atoms with Gasteiger partial charge in [-0.15, -0.1) is 0 Å². The Hall–Kier alpha value is -2.56. The molecule has 5 heteroatoms. The lowest BCUT2D eigenvalue weighted by Gasteiger charge is -2.21. The number of aromatic nitrogens is 1. The Bertz CT molecular complexity index is 629. The zero-order valence-electron chi connectivity index (χ0n) is 13.1. The van der Waals surface area contributed by atoms with Gasteiger partial charge in [0.25, 0.3) is 5.91 Å². The van der Waals surface area contributed by atoms with E-state index in [-0.39, 0.29) is 5.91 Å². The summed E-state index contributed by atoms with van der Waals surface area (Å²) in [6.45, 7) is 3.13. The summed E-state index contributed by atoms with van der Waals surface area (Å²) in [4.78, 5) is 18.4. The molecule has 0 aliphatic carbocycles. The molecule has 0 saturated carbocycles. The smallest absolute Gasteiger partial charge is 0.254 e. The van der Waals surface area contributed by atoms with Crippen molar-refractivity contribution >= 4 is 5.91 Å². The molecule has 0 N–H and O–H groups in total. The average Bonchev–Trinajstić information content (AvgIpc) is 2.59. The summed E-state index contributed by atoms with van der Waals surface area (Å²) in [5.74, 6) is 1.12. The zero-order chi connectivity index (χ0) is 15.9. The van der Waals surface area contributed by atoms with Crippen molar-refractivity contribution in [2.75, 3.05) is 20.8 Å². The Kier molecular flexibility index (Phi) is 5.36. The number of hydrogen-bond acceptors (Lipinski definition) is 4. The van der Waals surface area contributed by atoms with Crippen LogP contribution in [0.4, 0.5) is 0 Å². The van der Waals surface area contributed by atoms with Crippen molar-refractivity contribution in [1.29, 1.82) is 0 Å². The molecule has 22 heavy (non-hydrogen) atoms. The summed E-state index contributed by atoms with van der Waals surface area (Å²) in [5.41, 5.74) is 1.62. The van der Waals surface area contributed by atoms with Crippen molar-refractivity contribution in [3.63, 3.8) is 0 Å². The molecule has 0 aliphatic rings. The quantitative estimate of drug-likeness (QED) is 0.823. The Labute approximate surface area is 130 Å². The molecule has 0 fully saturated rings. The van der Waals surface area contributed by atoms with Gasteiger partial charge in [0.15, 0.2) is 11.5 Å². The van der Waals surface area contributed by atoms with Crippen LogP contribution < -0.4 is 9.47 Å². The standard InChI is InChI=1S/C17H20N2O3/c1-4-19(12-13-7-9-18-10-8-13)17(20)14-5-6-15(21-2)16(11-14)22-3/h5-11H,4,12H2,1-3H3. The molecule has 0 saturated heterocycles. The highest BCUT2D eigenvalue weighted by Gasteiger charge is 2.16. The SMILES string of the molecule is CCN(Cc1ccncc1)C(=O)c1ccc(OC)c(OC)c1. The van der Waals surface area contributed by atoms with Crippen molar-refractivity contribution in [3.8, 4) is 11.5 Å². The van der Waals surface area contributed by atoms with Crippen LogP contribution in [0.15, 0.2) is 42.7 Å². The monoisotopic (exact) mass is 300 g/mol. The van der Waals surface area contributed by atoms with Gasteiger partial charge in [0, 0.05) is 31.0 Å². The van der Waals surface area contributed by atoms with E-state index in [1.165, 1.54) is 0 Å². The highest BCUT2D eigenvalue weighted by Crippen LogP contribution is 2.28. The van der Waals surface area contributed by atoms with Crippen LogP contribution in [0.1, 0.15) is 22.8 Å². The van der Waals surface area contributed by atoms with Gasteiger partial charge < -0.3 is 14.4 Å². The van der Waals surface area contributed by atoms with Gasteiger partial charge in [0.2, 0.25) is 0 Å². The Morgan fingerprint density at radius 2 is 1.77 bits per heavy atom. The molecule has 0 radical (unpaired) electrons. The van der Waals surface area contributed by atoms with E-state index in [0.717, 1.165) is 5.56 Å². The van der Waals surface area contributed by atoms with Gasteiger partial charge in [-0.1, -0.05) is 0 Å². The third-order valence-electron chi connectivity index (χ3n) is 3.42. The third kappa shape index (κ3) is 3.55. The van der Waals surface area contributed by atoms with Crippen LogP contribution in [0.2, 0.25) is 0 Å². The van der Waals surface area contributed by atoms with Crippen LogP contribution in [0, 0.1) is 0 Å². The predicted molar refractivity (Wildman–Crippen MR) is 84.2 cm³/mol. The van der Waals surface area contributed by atoms with Crippen LogP contribution in [-0.4, -0.2) is 36.6 Å². The van der Waals surface area contributed by atoms with E-state index >= 15 is 0 Å². The molecule has 1 aromatic heterocycles. The number of benzene rings is 1. The molecule has 0 spiro atoms. The second-order valence-electron chi connectivity index (χ2n) is 4.74. The molecular weight excluding hydrogens is 280 g/mol. The molecule has 1 heterocycles. The van der Waals surface area contributed by atoms with E-state index in [0.29, 0.717) is 30.2 Å². The molecule has 2 aromatic rings. The van der Waals surface area contributed by atoms with Crippen LogP contribution >= 0.6 is 0 Å². The molecule has 0 unspecified atom stereocenters. The number of ether oxygens (including phenoxy) is 2. The summed E-state index contributed by atoms with van der Waals surface area (Å²) in [6.07, 6.45) is 3.45. The van der Waals surface area contributed by atoms with Crippen LogP contribution in [0.3, 0.4) is 0 Å². The molecule has 1 amide bonds. The van der Waals surface area contributed by atoms with Gasteiger partial charge in [-0.2, -0.15) is 0 Å². The summed E-state index contributed by atoms with van der Waals surface area (Å²) >= 11 is 0. The molecule has 116 valence electrons. The Morgan fingerprint density at radius 1 is 1.09 bits per heavy atom. The lowest BCUT2D eigenvalue weighted by molar-refractivity contribution is 0.0752. The topological polar surface area (TPSA) is 51.7 Å². The molecule has 2 rings (SSSR count). The molecule has 0 aliphatic heterocycles. The Morgan fingerprint density at radius 3 is 2.36 bits per heavy atom. The maximum Gasteiger partial charge on any atom is 0.254 e. The van der Waals surface area contributed by atoms with Crippen LogP contribution in [0.5, 0.6) is 11.5 Å². The van der Waals surface area contributed by atoms with Crippen molar-refractivity contribution in [1.82, 2.24) is 9.88 Å². The first kappa shape index (κ1) is 15.8. The molecule has 1 aromatic carbocycles. The van der Waals surface area contributed by atoms with Crippen LogP contribution in [-0.2, 0) is 6.54 Å². The Balaban J connectivity index is 2.21. The molecule has 0 atom stereocenters. The number of carbonyl (C=O) groups excluding carboxylic acids is 1. The van der Waals surface area contributed by atoms with E-state index in [1.807, 2.05) is 19.1 Å². The second-order valence-corrected chi connectivity index (χ2v) is 4.74. The third-order valence-corrected chi connectivity index (χ3v) is 3.42. The van der Waals surface area contributed by atoms with E-state index in [1.54, 1.807) is 49.7 Å². The van der Waals surface area contributed by atoms with Gasteiger partial charge in [-0.05, 0) is 42.8 Å². The van der Waals surface area contributed by atoms with Gasteiger partial charge >= 0.3 is 0 Å². The fraction of sp³-hybridized carbons (Fsp3) is 0.294. The minimum absolute atomic E-state index is 0.0414. The van der Waals surface area contributed by atoms with E-state index in [4.69, 9.17) is 9.47 Å². The average molecular weight is 300 g/mol. The first-order valence-corrected chi connectivity index (χ1v) is 7.09. The largest absolute Gasteiger partial charge is 0.493 e. The van der Waals surface area contributed by atoms with Crippen molar-refractivity contribution in [2.24, 2.45) is 0 Å². The zero-order valence-corrected chi connectivity index (χ0v) is 13.1. The highest BCUT2D eigenvalue weighted by molar-refractivity contribution is 5.94. The van der Waals surface area contributed by atoms with Gasteiger partial charge in [0.1, 0.15) is 0 Å². The number of methoxy groups -OCH3 is 2. The van der Waals surface area contributed by atoms with E-state index in [2.05, 4.69) is 4.98 Å². The van der Waals surface area contributed by atoms with E-state index < -0.39 is 0 Å². The van der Waals surface area contributed by atoms with Crippen molar-refractivity contribution in [3.05, 3.63) is 53.9 Å². The number of pyridine rings is 1. The molecular formula is C17H20N2O3. The maximum absolute atomic E-state index is 12.7. The number of rotatable bonds is 6. The summed E-state index contributed by atoms with van der Waals surface area (Å²) in [7, 11) is 3.13. The minimum Gasteiger partial charge on any atom is -0.493 e. The van der Waals surface area contributed by atoms with Gasteiger partial charge in [-0.25, -0.2) is 0 Å². The van der Waals surface area contributed by atoms with Crippen molar-refractivity contribution in [2.45, 2.75) is 13.5 Å². The number of hydrogen-bond donors (Lipinski definition) is 0. The van der Waals surface area contributed by atoms with Crippen LogP contribution in [0.25, 0.3) is 0 Å². The fourth-order valence-corrected chi connectivity index (χ4v) is 2.19. The fourth-order valence-electron chi connectivity index (χ4n) is 2.19. The first-order chi connectivity index (χ1) is 10.7. The molecule has 0 bridgehead atoms. The van der Waals surface area contributed by atoms with Gasteiger partial charge in [0.05, 0.1) is 14.2 Å². The first-order valence-electron chi connectivity index (χ1n) is 7.09. The van der Waals surface area contributed by atoms with Gasteiger partial charge in [-0.3, -0.25) is 9.78 Å². The number of nitrogens with zero attached hydrogens (tertiary/aromatic N) is 2. The summed E-state index contributed by atoms with van der Waals surface area (Å²) in [6, 6.07) is 9.01. The maximum atomic E-state index is 12.7. The van der Waals surface area contributed by atoms with E-state index in [9.17, 15) is 4.79 Å². The molecule has 5 nitrogen and oxygen atoms in total. The lowest BCUT2D eigenvalue weighted by Crippen LogP contribution is -2.30.